The van der Waals surface area contributed by atoms with Crippen LogP contribution in [-0.2, 0) is 11.2 Å². The highest BCUT2D eigenvalue weighted by atomic mass is 32.2. The Morgan fingerprint density at radius 1 is 1.23 bits per heavy atom. The maximum Gasteiger partial charge on any atom is 0.323 e. The Labute approximate surface area is 135 Å². The molecular weight excluding hydrogens is 296 g/mol. The van der Waals surface area contributed by atoms with Crippen LogP contribution in [0.3, 0.4) is 0 Å². The van der Waals surface area contributed by atoms with E-state index in [0.717, 1.165) is 23.6 Å². The highest BCUT2D eigenvalue weighted by molar-refractivity contribution is 7.99. The van der Waals surface area contributed by atoms with E-state index in [4.69, 9.17) is 4.74 Å². The van der Waals surface area contributed by atoms with Gasteiger partial charge in [-0.1, -0.05) is 39.8 Å². The van der Waals surface area contributed by atoms with Gasteiger partial charge in [0.05, 0.1) is 0 Å². The van der Waals surface area contributed by atoms with E-state index >= 15 is 0 Å². The van der Waals surface area contributed by atoms with Gasteiger partial charge in [0.15, 0.2) is 0 Å². The summed E-state index contributed by atoms with van der Waals surface area (Å²) in [5, 5.41) is 0. The zero-order valence-corrected chi connectivity index (χ0v) is 14.4. The second-order valence-electron chi connectivity index (χ2n) is 6.31. The molecule has 0 amide bonds. The van der Waals surface area contributed by atoms with Crippen molar-refractivity contribution >= 4 is 11.8 Å². The number of hydrogen-bond acceptors (Lipinski definition) is 3. The zero-order chi connectivity index (χ0) is 16.2. The third-order valence-electron chi connectivity index (χ3n) is 3.40. The first-order chi connectivity index (χ1) is 10.4. The lowest BCUT2D eigenvalue weighted by molar-refractivity contribution is 0.283. The lowest BCUT2D eigenvalue weighted by atomic mass is 9.87. The van der Waals surface area contributed by atoms with Crippen molar-refractivity contribution < 1.29 is 4.74 Å². The van der Waals surface area contributed by atoms with Crippen LogP contribution in [0.5, 0.6) is 5.75 Å². The highest BCUT2D eigenvalue weighted by Gasteiger charge is 2.14. The predicted octanol–water partition coefficient (Wildman–Crippen LogP) is 4.05. The summed E-state index contributed by atoms with van der Waals surface area (Å²) in [6, 6.07) is 8.30. The third-order valence-corrected chi connectivity index (χ3v) is 4.68. The monoisotopic (exact) mass is 320 g/mol. The van der Waals surface area contributed by atoms with E-state index in [9.17, 15) is 4.79 Å². The van der Waals surface area contributed by atoms with Crippen molar-refractivity contribution in [3.63, 3.8) is 0 Å². The van der Waals surface area contributed by atoms with Crippen LogP contribution in [0.15, 0.2) is 35.3 Å². The molecule has 1 aromatic carbocycles. The predicted molar refractivity (Wildman–Crippen MR) is 92.6 cm³/mol. The van der Waals surface area contributed by atoms with Crippen LogP contribution in [0.2, 0.25) is 0 Å². The number of rotatable bonds is 6. The van der Waals surface area contributed by atoms with Gasteiger partial charge in [0.1, 0.15) is 11.2 Å². The molecule has 120 valence electrons. The molecule has 2 N–H and O–H groups in total. The lowest BCUT2D eigenvalue weighted by Gasteiger charge is -2.21. The molecule has 1 unspecified atom stereocenters. The van der Waals surface area contributed by atoms with E-state index in [1.807, 2.05) is 12.1 Å². The van der Waals surface area contributed by atoms with E-state index in [2.05, 4.69) is 49.8 Å². The summed E-state index contributed by atoms with van der Waals surface area (Å²) in [5.74, 6) is 1.60. The SMILES string of the molecule is CCC(Oc1ccc(C(C)(C)C)cc1)SCc1c[nH]c(=O)[nH]1. The summed E-state index contributed by atoms with van der Waals surface area (Å²) in [7, 11) is 0. The van der Waals surface area contributed by atoms with Crippen LogP contribution in [0, 0.1) is 0 Å². The number of aromatic nitrogens is 2. The molecule has 1 heterocycles. The summed E-state index contributed by atoms with van der Waals surface area (Å²) in [5.41, 5.74) is 2.24. The third kappa shape index (κ3) is 4.70. The van der Waals surface area contributed by atoms with Gasteiger partial charge >= 0.3 is 5.69 Å². The van der Waals surface area contributed by atoms with Gasteiger partial charge in [0.25, 0.3) is 0 Å². The lowest BCUT2D eigenvalue weighted by Crippen LogP contribution is -2.13. The van der Waals surface area contributed by atoms with Crippen molar-refractivity contribution in [1.29, 1.82) is 0 Å². The molecule has 0 aliphatic heterocycles. The Kier molecular flexibility index (Phi) is 5.40. The van der Waals surface area contributed by atoms with Gasteiger partial charge in [-0.2, -0.15) is 0 Å². The molecule has 22 heavy (non-hydrogen) atoms. The van der Waals surface area contributed by atoms with E-state index in [1.165, 1.54) is 5.56 Å². The molecule has 0 aliphatic rings. The average Bonchev–Trinajstić information content (AvgIpc) is 2.88. The number of imidazole rings is 1. The quantitative estimate of drug-likeness (QED) is 0.790. The molecule has 0 saturated carbocycles. The van der Waals surface area contributed by atoms with E-state index < -0.39 is 0 Å². The van der Waals surface area contributed by atoms with Crippen molar-refractivity contribution in [2.75, 3.05) is 0 Å². The smallest absolute Gasteiger partial charge is 0.323 e. The molecule has 2 aromatic rings. The van der Waals surface area contributed by atoms with Crippen molar-refractivity contribution in [1.82, 2.24) is 9.97 Å². The fourth-order valence-corrected chi connectivity index (χ4v) is 2.99. The molecule has 0 radical (unpaired) electrons. The summed E-state index contributed by atoms with van der Waals surface area (Å²) >= 11 is 1.68. The number of H-pyrrole nitrogens is 2. The van der Waals surface area contributed by atoms with Gasteiger partial charge in [0, 0.05) is 17.6 Å². The van der Waals surface area contributed by atoms with Gasteiger partial charge in [-0.05, 0) is 29.5 Å². The molecule has 0 saturated heterocycles. The zero-order valence-electron chi connectivity index (χ0n) is 13.6. The first-order valence-electron chi connectivity index (χ1n) is 7.54. The van der Waals surface area contributed by atoms with Gasteiger partial charge in [-0.25, -0.2) is 4.79 Å². The molecule has 0 spiro atoms. The molecule has 0 bridgehead atoms. The molecule has 2 rings (SSSR count). The number of hydrogen-bond donors (Lipinski definition) is 2. The van der Waals surface area contributed by atoms with E-state index in [0.29, 0.717) is 0 Å². The van der Waals surface area contributed by atoms with Crippen LogP contribution in [0.25, 0.3) is 0 Å². The number of aromatic amines is 2. The fourth-order valence-electron chi connectivity index (χ4n) is 2.05. The topological polar surface area (TPSA) is 57.9 Å². The minimum absolute atomic E-state index is 0.0684. The Bertz CT molecular complexity index is 638. The van der Waals surface area contributed by atoms with E-state index in [-0.39, 0.29) is 16.5 Å². The molecule has 5 heteroatoms. The number of nitrogens with one attached hydrogen (secondary N) is 2. The minimum atomic E-state index is -0.165. The maximum absolute atomic E-state index is 11.1. The molecule has 0 fully saturated rings. The van der Waals surface area contributed by atoms with Crippen LogP contribution in [0.1, 0.15) is 45.4 Å². The Hall–Kier alpha value is -1.62. The van der Waals surface area contributed by atoms with Crippen LogP contribution in [0.4, 0.5) is 0 Å². The second-order valence-corrected chi connectivity index (χ2v) is 7.46. The maximum atomic E-state index is 11.1. The highest BCUT2D eigenvalue weighted by Crippen LogP contribution is 2.27. The van der Waals surface area contributed by atoms with Crippen LogP contribution in [-0.4, -0.2) is 15.4 Å². The first-order valence-corrected chi connectivity index (χ1v) is 8.58. The Morgan fingerprint density at radius 2 is 1.91 bits per heavy atom. The summed E-state index contributed by atoms with van der Waals surface area (Å²) in [6.07, 6.45) is 2.61. The van der Waals surface area contributed by atoms with Gasteiger partial charge in [-0.15, -0.1) is 11.8 Å². The van der Waals surface area contributed by atoms with Crippen LogP contribution < -0.4 is 10.4 Å². The number of thioether (sulfide) groups is 1. The van der Waals surface area contributed by atoms with Crippen molar-refractivity contribution in [2.45, 2.75) is 50.7 Å². The molecule has 4 nitrogen and oxygen atoms in total. The number of benzene rings is 1. The van der Waals surface area contributed by atoms with Crippen molar-refractivity contribution in [3.05, 3.63) is 52.2 Å². The van der Waals surface area contributed by atoms with Crippen LogP contribution >= 0.6 is 11.8 Å². The van der Waals surface area contributed by atoms with Gasteiger partial charge in [0.2, 0.25) is 0 Å². The number of ether oxygens (including phenoxy) is 1. The summed E-state index contributed by atoms with van der Waals surface area (Å²) < 4.78 is 6.02. The standard InChI is InChI=1S/C17H24N2O2S/c1-5-15(22-11-13-10-18-16(20)19-13)21-14-8-6-12(7-9-14)17(2,3)4/h6-10,15H,5,11H2,1-4H3,(H2,18,19,20). The molecule has 0 aliphatic carbocycles. The summed E-state index contributed by atoms with van der Waals surface area (Å²) in [4.78, 5) is 16.4. The summed E-state index contributed by atoms with van der Waals surface area (Å²) in [6.45, 7) is 8.70. The van der Waals surface area contributed by atoms with Crippen molar-refractivity contribution in [3.8, 4) is 5.75 Å². The molecule has 1 aromatic heterocycles. The minimum Gasteiger partial charge on any atom is -0.480 e. The van der Waals surface area contributed by atoms with Crippen molar-refractivity contribution in [2.24, 2.45) is 0 Å². The largest absolute Gasteiger partial charge is 0.480 e. The second kappa shape index (κ2) is 7.09. The average molecular weight is 320 g/mol. The molecular formula is C17H24N2O2S. The Morgan fingerprint density at radius 3 is 2.41 bits per heavy atom. The van der Waals surface area contributed by atoms with Gasteiger partial charge in [-0.3, -0.25) is 0 Å². The fraction of sp³-hybridized carbons (Fsp3) is 0.471. The normalized spacial score (nSPS) is 13.1. The Balaban J connectivity index is 1.93. The molecule has 1 atom stereocenters. The van der Waals surface area contributed by atoms with Gasteiger partial charge < -0.3 is 14.7 Å². The first kappa shape index (κ1) is 16.7. The van der Waals surface area contributed by atoms with E-state index in [1.54, 1.807) is 18.0 Å².